The van der Waals surface area contributed by atoms with Gasteiger partial charge in [-0.3, -0.25) is 4.79 Å². The van der Waals surface area contributed by atoms with Gasteiger partial charge in [-0.05, 0) is 42.0 Å². The van der Waals surface area contributed by atoms with Crippen molar-refractivity contribution in [2.45, 2.75) is 12.2 Å². The highest BCUT2D eigenvalue weighted by molar-refractivity contribution is 6.01. The maximum atomic E-state index is 13.0. The highest BCUT2D eigenvalue weighted by Gasteiger charge is 2.43. The Morgan fingerprint density at radius 1 is 0.864 bits per heavy atom. The Balaban J connectivity index is 1.90. The molecule has 1 fully saturated rings. The van der Waals surface area contributed by atoms with Gasteiger partial charge in [-0.2, -0.15) is 0 Å². The molecule has 2 atom stereocenters. The molecule has 6 heteroatoms. The number of rotatable bonds is 3. The number of halogens is 2. The molecule has 1 saturated heterocycles. The summed E-state index contributed by atoms with van der Waals surface area (Å²) in [6.07, 6.45) is -3.14. The Hall–Kier alpha value is -2.76. The first-order valence-corrected chi connectivity index (χ1v) is 6.47. The van der Waals surface area contributed by atoms with Crippen LogP contribution >= 0.6 is 0 Å². The van der Waals surface area contributed by atoms with Crippen LogP contribution in [0.1, 0.15) is 22.0 Å². The number of carbonyl (C=O) groups is 2. The summed E-state index contributed by atoms with van der Waals surface area (Å²) in [6.45, 7) is 0. The molecule has 1 aliphatic heterocycles. The van der Waals surface area contributed by atoms with Crippen LogP contribution in [0.25, 0.3) is 0 Å². The Morgan fingerprint density at radius 2 is 1.41 bits per heavy atom. The summed E-state index contributed by atoms with van der Waals surface area (Å²) in [5, 5.41) is 0. The fourth-order valence-corrected chi connectivity index (χ4v) is 2.22. The van der Waals surface area contributed by atoms with Crippen molar-refractivity contribution in [3.8, 4) is 0 Å². The van der Waals surface area contributed by atoms with Gasteiger partial charge in [-0.15, -0.1) is 0 Å². The predicted octanol–water partition coefficient (Wildman–Crippen LogP) is 3.42. The molecule has 0 amide bonds. The molecule has 2 unspecified atom stereocenters. The second-order valence-corrected chi connectivity index (χ2v) is 4.75. The van der Waals surface area contributed by atoms with Crippen LogP contribution in [0.15, 0.2) is 48.5 Å². The van der Waals surface area contributed by atoms with E-state index in [4.69, 9.17) is 9.47 Å². The molecule has 0 radical (unpaired) electrons. The minimum atomic E-state index is -1.19. The summed E-state index contributed by atoms with van der Waals surface area (Å²) in [5.41, 5.74) is 0.629. The summed E-state index contributed by atoms with van der Waals surface area (Å²) in [5.74, 6) is -1.44. The molecular formula is C16H10F2O4. The van der Waals surface area contributed by atoms with Crippen molar-refractivity contribution in [2.75, 3.05) is 0 Å². The summed E-state index contributed by atoms with van der Waals surface area (Å²) in [7, 11) is 0. The Labute approximate surface area is 124 Å². The van der Waals surface area contributed by atoms with Crippen LogP contribution in [0.5, 0.6) is 0 Å². The normalized spacial score (nSPS) is 20.4. The van der Waals surface area contributed by atoms with Crippen LogP contribution in [-0.4, -0.2) is 18.0 Å². The number of Topliss-reactive ketones (excluding diaryl/α,β-unsaturated/α-hetero) is 1. The molecule has 0 aromatic heterocycles. The van der Waals surface area contributed by atoms with Crippen LogP contribution < -0.4 is 0 Å². The van der Waals surface area contributed by atoms with Crippen molar-refractivity contribution in [3.05, 3.63) is 71.3 Å². The molecule has 0 bridgehead atoms. The van der Waals surface area contributed by atoms with Gasteiger partial charge in [0, 0.05) is 5.56 Å². The summed E-state index contributed by atoms with van der Waals surface area (Å²) in [6, 6.07) is 10.1. The predicted molar refractivity (Wildman–Crippen MR) is 71.2 cm³/mol. The van der Waals surface area contributed by atoms with Crippen molar-refractivity contribution in [1.29, 1.82) is 0 Å². The van der Waals surface area contributed by atoms with E-state index in [1.54, 1.807) is 0 Å². The lowest BCUT2D eigenvalue weighted by Gasteiger charge is -2.14. The molecule has 2 aromatic rings. The van der Waals surface area contributed by atoms with E-state index in [-0.39, 0.29) is 5.56 Å². The molecule has 0 saturated carbocycles. The van der Waals surface area contributed by atoms with E-state index < -0.39 is 35.8 Å². The minimum absolute atomic E-state index is 0.191. The molecule has 3 rings (SSSR count). The van der Waals surface area contributed by atoms with Gasteiger partial charge in [0.05, 0.1) is 0 Å². The van der Waals surface area contributed by atoms with Crippen molar-refractivity contribution >= 4 is 11.9 Å². The molecular weight excluding hydrogens is 294 g/mol. The fraction of sp³-hybridized carbons (Fsp3) is 0.125. The molecule has 1 aliphatic rings. The van der Waals surface area contributed by atoms with Gasteiger partial charge in [0.15, 0.2) is 6.10 Å². The number of hydrogen-bond donors (Lipinski definition) is 0. The van der Waals surface area contributed by atoms with Gasteiger partial charge in [0.2, 0.25) is 11.9 Å². The van der Waals surface area contributed by atoms with Gasteiger partial charge < -0.3 is 9.47 Å². The highest BCUT2D eigenvalue weighted by Crippen LogP contribution is 2.32. The van der Waals surface area contributed by atoms with Crippen molar-refractivity contribution in [3.63, 3.8) is 0 Å². The van der Waals surface area contributed by atoms with Crippen LogP contribution in [0.2, 0.25) is 0 Å². The average Bonchev–Trinajstić information content (AvgIpc) is 2.90. The zero-order valence-electron chi connectivity index (χ0n) is 11.2. The largest absolute Gasteiger partial charge is 0.509 e. The first-order valence-electron chi connectivity index (χ1n) is 6.47. The second-order valence-electron chi connectivity index (χ2n) is 4.75. The topological polar surface area (TPSA) is 52.6 Å². The molecule has 2 aromatic carbocycles. The second kappa shape index (κ2) is 5.55. The molecule has 1 heterocycles. The van der Waals surface area contributed by atoms with Gasteiger partial charge >= 0.3 is 6.16 Å². The Bertz CT molecular complexity index is 710. The van der Waals surface area contributed by atoms with Crippen molar-refractivity contribution in [1.82, 2.24) is 0 Å². The monoisotopic (exact) mass is 304 g/mol. The number of ether oxygens (including phenoxy) is 2. The number of hydrogen-bond acceptors (Lipinski definition) is 4. The molecule has 0 N–H and O–H groups in total. The van der Waals surface area contributed by atoms with E-state index in [9.17, 15) is 18.4 Å². The average molecular weight is 304 g/mol. The maximum absolute atomic E-state index is 13.0. The lowest BCUT2D eigenvalue weighted by atomic mass is 9.97. The van der Waals surface area contributed by atoms with Crippen LogP contribution in [-0.2, 0) is 9.47 Å². The first kappa shape index (κ1) is 14.2. The lowest BCUT2D eigenvalue weighted by molar-refractivity contribution is 0.0716. The van der Waals surface area contributed by atoms with E-state index in [1.165, 1.54) is 36.4 Å². The van der Waals surface area contributed by atoms with Crippen LogP contribution in [0.4, 0.5) is 13.6 Å². The molecule has 112 valence electrons. The summed E-state index contributed by atoms with van der Waals surface area (Å²) >= 11 is 0. The number of ketones is 1. The molecule has 0 spiro atoms. The third kappa shape index (κ3) is 2.67. The van der Waals surface area contributed by atoms with E-state index in [0.29, 0.717) is 5.56 Å². The quantitative estimate of drug-likeness (QED) is 0.644. The van der Waals surface area contributed by atoms with Gasteiger partial charge in [0.25, 0.3) is 0 Å². The van der Waals surface area contributed by atoms with Gasteiger partial charge in [-0.25, -0.2) is 13.6 Å². The minimum Gasteiger partial charge on any atom is -0.422 e. The molecule has 22 heavy (non-hydrogen) atoms. The van der Waals surface area contributed by atoms with E-state index in [2.05, 4.69) is 0 Å². The molecule has 0 aliphatic carbocycles. The number of cyclic esters (lactones) is 2. The third-order valence-electron chi connectivity index (χ3n) is 3.31. The Kier molecular flexibility index (Phi) is 3.58. The smallest absolute Gasteiger partial charge is 0.422 e. The maximum Gasteiger partial charge on any atom is 0.509 e. The van der Waals surface area contributed by atoms with Crippen LogP contribution in [0.3, 0.4) is 0 Å². The standard InChI is InChI=1S/C16H10F2O4/c17-11-5-1-9(2-6-11)13(19)15-14(21-16(20)22-15)10-3-7-12(18)8-4-10/h1-8,14-15H. The number of benzene rings is 2. The zero-order chi connectivity index (χ0) is 15.7. The van der Waals surface area contributed by atoms with E-state index in [0.717, 1.165) is 12.1 Å². The van der Waals surface area contributed by atoms with Gasteiger partial charge in [0.1, 0.15) is 11.6 Å². The van der Waals surface area contributed by atoms with Crippen molar-refractivity contribution in [2.24, 2.45) is 0 Å². The SMILES string of the molecule is O=C1OC(C(=O)c2ccc(F)cc2)C(c2ccc(F)cc2)O1. The third-order valence-corrected chi connectivity index (χ3v) is 3.31. The molecule has 4 nitrogen and oxygen atoms in total. The Morgan fingerprint density at radius 3 is 2.00 bits per heavy atom. The summed E-state index contributed by atoms with van der Waals surface area (Å²) < 4.78 is 35.8. The van der Waals surface area contributed by atoms with Crippen LogP contribution in [0, 0.1) is 11.6 Å². The zero-order valence-corrected chi connectivity index (χ0v) is 11.2. The first-order chi connectivity index (χ1) is 10.5. The fourth-order valence-electron chi connectivity index (χ4n) is 2.22. The van der Waals surface area contributed by atoms with E-state index >= 15 is 0 Å². The lowest BCUT2D eigenvalue weighted by Crippen LogP contribution is -2.26. The summed E-state index contributed by atoms with van der Waals surface area (Å²) in [4.78, 5) is 23.8. The van der Waals surface area contributed by atoms with Gasteiger partial charge in [-0.1, -0.05) is 12.1 Å². The number of carbonyl (C=O) groups excluding carboxylic acids is 2. The van der Waals surface area contributed by atoms with Crippen molar-refractivity contribution < 1.29 is 27.8 Å². The highest BCUT2D eigenvalue weighted by atomic mass is 19.1. The van der Waals surface area contributed by atoms with E-state index in [1.807, 2.05) is 0 Å².